The molecule has 8 nitrogen and oxygen atoms in total. The minimum Gasteiger partial charge on any atom is -0.372 e. The zero-order chi connectivity index (χ0) is 26.5. The number of piperazine rings is 1. The van der Waals surface area contributed by atoms with Gasteiger partial charge in [0.25, 0.3) is 0 Å². The molecule has 9 heteroatoms. The Bertz CT molecular complexity index is 1300. The van der Waals surface area contributed by atoms with E-state index >= 15 is 0 Å². The monoisotopic (exact) mass is 537 g/mol. The lowest BCUT2D eigenvalue weighted by atomic mass is 10.1. The van der Waals surface area contributed by atoms with Crippen LogP contribution in [-0.4, -0.2) is 80.0 Å². The van der Waals surface area contributed by atoms with Gasteiger partial charge in [-0.15, -0.1) is 0 Å². The van der Waals surface area contributed by atoms with Gasteiger partial charge in [-0.1, -0.05) is 44.2 Å². The molecule has 0 N–H and O–H groups in total. The SMILES string of the molecule is CC(C)COC(CN1CCN(S(=O)(=O)c2ccc3ncnc(N4CCCCC4)c3c2)CC1)c1ccccc1. The zero-order valence-electron chi connectivity index (χ0n) is 22.5. The fourth-order valence-electron chi connectivity index (χ4n) is 5.31. The second-order valence-corrected chi connectivity index (χ2v) is 12.7. The van der Waals surface area contributed by atoms with Crippen LogP contribution in [0.1, 0.15) is 44.8 Å². The van der Waals surface area contributed by atoms with Crippen LogP contribution in [0.5, 0.6) is 0 Å². The summed E-state index contributed by atoms with van der Waals surface area (Å²) in [6, 6.07) is 15.6. The third-order valence-electron chi connectivity index (χ3n) is 7.44. The third-order valence-corrected chi connectivity index (χ3v) is 9.33. The van der Waals surface area contributed by atoms with Crippen molar-refractivity contribution in [3.63, 3.8) is 0 Å². The van der Waals surface area contributed by atoms with Crippen molar-refractivity contribution in [2.45, 2.75) is 44.1 Å². The first-order valence-corrected chi connectivity index (χ1v) is 15.2. The Balaban J connectivity index is 1.28. The van der Waals surface area contributed by atoms with Gasteiger partial charge in [0, 0.05) is 57.8 Å². The molecule has 0 bridgehead atoms. The summed E-state index contributed by atoms with van der Waals surface area (Å²) in [5.41, 5.74) is 1.93. The highest BCUT2D eigenvalue weighted by molar-refractivity contribution is 7.89. The normalized spacial score (nSPS) is 18.8. The summed E-state index contributed by atoms with van der Waals surface area (Å²) in [6.07, 6.45) is 5.02. The van der Waals surface area contributed by atoms with Crippen LogP contribution < -0.4 is 4.90 Å². The molecule has 2 saturated heterocycles. The predicted molar refractivity (Wildman–Crippen MR) is 151 cm³/mol. The molecule has 2 aliphatic rings. The summed E-state index contributed by atoms with van der Waals surface area (Å²) in [7, 11) is -3.63. The van der Waals surface area contributed by atoms with E-state index in [1.807, 2.05) is 24.3 Å². The second-order valence-electron chi connectivity index (χ2n) is 10.8. The van der Waals surface area contributed by atoms with Crippen molar-refractivity contribution in [3.05, 3.63) is 60.4 Å². The molecule has 1 unspecified atom stereocenters. The van der Waals surface area contributed by atoms with Gasteiger partial charge in [-0.25, -0.2) is 18.4 Å². The first-order chi connectivity index (χ1) is 18.4. The van der Waals surface area contributed by atoms with Crippen molar-refractivity contribution in [1.29, 1.82) is 0 Å². The molecule has 0 radical (unpaired) electrons. The van der Waals surface area contributed by atoms with Crippen molar-refractivity contribution in [3.8, 4) is 0 Å². The topological polar surface area (TPSA) is 78.9 Å². The molecule has 2 aromatic carbocycles. The van der Waals surface area contributed by atoms with Crippen LogP contribution in [0, 0.1) is 5.92 Å². The van der Waals surface area contributed by atoms with Crippen molar-refractivity contribution < 1.29 is 13.2 Å². The van der Waals surface area contributed by atoms with Gasteiger partial charge in [0.15, 0.2) is 0 Å². The van der Waals surface area contributed by atoms with Crippen molar-refractivity contribution in [2.24, 2.45) is 5.92 Å². The Labute approximate surface area is 226 Å². The van der Waals surface area contributed by atoms with Gasteiger partial charge in [0.05, 0.1) is 16.5 Å². The van der Waals surface area contributed by atoms with Crippen molar-refractivity contribution in [2.75, 3.05) is 57.3 Å². The van der Waals surface area contributed by atoms with E-state index in [9.17, 15) is 8.42 Å². The van der Waals surface area contributed by atoms with Crippen molar-refractivity contribution in [1.82, 2.24) is 19.2 Å². The van der Waals surface area contributed by atoms with Gasteiger partial charge in [0.1, 0.15) is 12.1 Å². The Kier molecular flexibility index (Phi) is 8.57. The van der Waals surface area contributed by atoms with Gasteiger partial charge in [0.2, 0.25) is 10.0 Å². The molecule has 0 saturated carbocycles. The van der Waals surface area contributed by atoms with Crippen LogP contribution in [0.15, 0.2) is 59.8 Å². The van der Waals surface area contributed by atoms with Gasteiger partial charge >= 0.3 is 0 Å². The van der Waals surface area contributed by atoms with E-state index in [1.54, 1.807) is 22.8 Å². The van der Waals surface area contributed by atoms with E-state index in [2.05, 4.69) is 45.7 Å². The quantitative estimate of drug-likeness (QED) is 0.402. The maximum absolute atomic E-state index is 13.7. The molecule has 5 rings (SSSR count). The lowest BCUT2D eigenvalue weighted by Crippen LogP contribution is -2.49. The summed E-state index contributed by atoms with van der Waals surface area (Å²) in [5, 5.41) is 0.808. The molecule has 3 aromatic rings. The number of piperidine rings is 1. The number of anilines is 1. The molecule has 38 heavy (non-hydrogen) atoms. The number of rotatable bonds is 9. The highest BCUT2D eigenvalue weighted by Crippen LogP contribution is 2.29. The number of fused-ring (bicyclic) bond motifs is 1. The molecule has 2 fully saturated rings. The summed E-state index contributed by atoms with van der Waals surface area (Å²) in [4.78, 5) is 13.8. The first-order valence-electron chi connectivity index (χ1n) is 13.8. The van der Waals surface area contributed by atoms with E-state index in [0.717, 1.165) is 54.8 Å². The second kappa shape index (κ2) is 12.1. The van der Waals surface area contributed by atoms with Crippen LogP contribution in [0.25, 0.3) is 10.9 Å². The van der Waals surface area contributed by atoms with E-state index < -0.39 is 10.0 Å². The van der Waals surface area contributed by atoms with E-state index in [0.29, 0.717) is 43.6 Å². The third kappa shape index (κ3) is 6.17. The van der Waals surface area contributed by atoms with E-state index in [4.69, 9.17) is 4.74 Å². The van der Waals surface area contributed by atoms with E-state index in [1.165, 1.54) is 6.42 Å². The van der Waals surface area contributed by atoms with Crippen molar-refractivity contribution >= 4 is 26.7 Å². The van der Waals surface area contributed by atoms with Gasteiger partial charge in [-0.3, -0.25) is 4.90 Å². The Hall–Kier alpha value is -2.59. The minimum absolute atomic E-state index is 0.0320. The number of aromatic nitrogens is 2. The summed E-state index contributed by atoms with van der Waals surface area (Å²) in [5.74, 6) is 1.29. The fraction of sp³-hybridized carbons (Fsp3) is 0.517. The molecule has 204 valence electrons. The molecular weight excluding hydrogens is 498 g/mol. The summed E-state index contributed by atoms with van der Waals surface area (Å²) >= 11 is 0. The fourth-order valence-corrected chi connectivity index (χ4v) is 6.76. The highest BCUT2D eigenvalue weighted by Gasteiger charge is 2.30. The van der Waals surface area contributed by atoms with Gasteiger partial charge in [-0.2, -0.15) is 4.31 Å². The lowest BCUT2D eigenvalue weighted by Gasteiger charge is -2.36. The number of sulfonamides is 1. The maximum atomic E-state index is 13.7. The van der Waals surface area contributed by atoms with Gasteiger partial charge in [-0.05, 0) is 48.9 Å². The number of nitrogens with zero attached hydrogens (tertiary/aromatic N) is 5. The van der Waals surface area contributed by atoms with Crippen LogP contribution in [0.4, 0.5) is 5.82 Å². The molecule has 3 heterocycles. The van der Waals surface area contributed by atoms with Gasteiger partial charge < -0.3 is 9.64 Å². The number of hydrogen-bond donors (Lipinski definition) is 0. The molecule has 0 spiro atoms. The Morgan fingerprint density at radius 3 is 2.34 bits per heavy atom. The molecular formula is C29H39N5O3S. The maximum Gasteiger partial charge on any atom is 0.243 e. The number of ether oxygens (including phenoxy) is 1. The first kappa shape index (κ1) is 27.0. The van der Waals surface area contributed by atoms with Crippen LogP contribution in [0.2, 0.25) is 0 Å². The van der Waals surface area contributed by atoms with Crippen LogP contribution in [0.3, 0.4) is 0 Å². The van der Waals surface area contributed by atoms with Crippen LogP contribution >= 0.6 is 0 Å². The van der Waals surface area contributed by atoms with Crippen LogP contribution in [-0.2, 0) is 14.8 Å². The smallest absolute Gasteiger partial charge is 0.243 e. The number of hydrogen-bond acceptors (Lipinski definition) is 7. The minimum atomic E-state index is -3.63. The Morgan fingerprint density at radius 2 is 1.63 bits per heavy atom. The standard InChI is InChI=1S/C29H39N5O3S/c1-23(2)21-37-28(24-9-5-3-6-10-24)20-32-15-17-34(18-16-32)38(35,36)25-11-12-27-26(19-25)29(31-22-30-27)33-13-7-4-8-14-33/h3,5-6,9-12,19,22-23,28H,4,7-8,13-18,20-21H2,1-2H3. The molecule has 1 atom stereocenters. The molecule has 1 aromatic heterocycles. The average molecular weight is 538 g/mol. The Morgan fingerprint density at radius 1 is 0.895 bits per heavy atom. The molecule has 2 aliphatic heterocycles. The zero-order valence-corrected chi connectivity index (χ0v) is 23.3. The highest BCUT2D eigenvalue weighted by atomic mass is 32.2. The lowest BCUT2D eigenvalue weighted by molar-refractivity contribution is 0.00530. The largest absolute Gasteiger partial charge is 0.372 e. The molecule has 0 aliphatic carbocycles. The molecule has 0 amide bonds. The average Bonchev–Trinajstić information content (AvgIpc) is 2.95. The number of benzene rings is 2. The summed E-state index contributed by atoms with van der Waals surface area (Å²) in [6.45, 7) is 9.88. The van der Waals surface area contributed by atoms with E-state index in [-0.39, 0.29) is 6.10 Å². The summed E-state index contributed by atoms with van der Waals surface area (Å²) < 4.78 is 35.2. The predicted octanol–water partition coefficient (Wildman–Crippen LogP) is 4.34.